The number of aromatic nitrogens is 2. The van der Waals surface area contributed by atoms with Crippen molar-refractivity contribution in [2.75, 3.05) is 4.90 Å². The fourth-order valence-corrected chi connectivity index (χ4v) is 4.85. The Kier molecular flexibility index (Phi) is 5.21. The van der Waals surface area contributed by atoms with Gasteiger partial charge in [-0.2, -0.15) is 4.98 Å². The predicted molar refractivity (Wildman–Crippen MR) is 103 cm³/mol. The van der Waals surface area contributed by atoms with Gasteiger partial charge in [-0.3, -0.25) is 0 Å². The number of hydrogen-bond acceptors (Lipinski definition) is 6. The molecule has 0 aromatic carbocycles. The number of piperidine rings is 1. The molecule has 25 heavy (non-hydrogen) atoms. The van der Waals surface area contributed by atoms with Crippen LogP contribution >= 0.6 is 22.9 Å². The molecular weight excluding hydrogens is 358 g/mol. The zero-order valence-electron chi connectivity index (χ0n) is 15.3. The molecule has 5 nitrogen and oxygen atoms in total. The first kappa shape index (κ1) is 18.4. The van der Waals surface area contributed by atoms with E-state index in [9.17, 15) is 4.79 Å². The van der Waals surface area contributed by atoms with E-state index >= 15 is 0 Å². The Bertz CT molecular complexity index is 795. The molecule has 0 radical (unpaired) electrons. The van der Waals surface area contributed by atoms with Gasteiger partial charge in [-0.1, -0.05) is 0 Å². The van der Waals surface area contributed by atoms with Crippen LogP contribution in [0.15, 0.2) is 0 Å². The molecule has 3 rings (SSSR count). The van der Waals surface area contributed by atoms with E-state index in [4.69, 9.17) is 16.3 Å². The standard InChI is InChI=1S/C18H24ClN3O2S/c1-9(2)24-17(23)14-12(5)13-15(20-18(19)21-16(13)25-14)22-10(3)7-6-8-11(22)4/h9-11H,6-8H2,1-5H3. The minimum absolute atomic E-state index is 0.159. The number of halogens is 1. The number of rotatable bonds is 3. The molecule has 2 aromatic rings. The van der Waals surface area contributed by atoms with Gasteiger partial charge < -0.3 is 9.64 Å². The number of thiophene rings is 1. The average Bonchev–Trinajstić information content (AvgIpc) is 2.83. The summed E-state index contributed by atoms with van der Waals surface area (Å²) in [6.07, 6.45) is 3.31. The average molecular weight is 382 g/mol. The smallest absolute Gasteiger partial charge is 0.348 e. The number of hydrogen-bond donors (Lipinski definition) is 0. The quantitative estimate of drug-likeness (QED) is 0.554. The van der Waals surface area contributed by atoms with Crippen molar-refractivity contribution in [3.8, 4) is 0 Å². The van der Waals surface area contributed by atoms with E-state index in [0.29, 0.717) is 17.0 Å². The summed E-state index contributed by atoms with van der Waals surface area (Å²) in [6, 6.07) is 0.756. The SMILES string of the molecule is Cc1c(C(=O)OC(C)C)sc2nc(Cl)nc(N3C(C)CCCC3C)c12. The number of carbonyl (C=O) groups excluding carboxylic acids is 1. The van der Waals surface area contributed by atoms with E-state index < -0.39 is 0 Å². The van der Waals surface area contributed by atoms with Crippen LogP contribution in [-0.2, 0) is 4.74 Å². The van der Waals surface area contributed by atoms with Gasteiger partial charge >= 0.3 is 5.97 Å². The maximum absolute atomic E-state index is 12.4. The summed E-state index contributed by atoms with van der Waals surface area (Å²) in [7, 11) is 0. The summed E-state index contributed by atoms with van der Waals surface area (Å²) < 4.78 is 5.38. The Balaban J connectivity index is 2.16. The fourth-order valence-electron chi connectivity index (χ4n) is 3.58. The zero-order chi connectivity index (χ0) is 18.3. The molecule has 0 spiro atoms. The highest BCUT2D eigenvalue weighted by atomic mass is 35.5. The minimum atomic E-state index is -0.308. The van der Waals surface area contributed by atoms with Crippen LogP contribution in [-0.4, -0.2) is 34.1 Å². The number of anilines is 1. The number of esters is 1. The van der Waals surface area contributed by atoms with Crippen LogP contribution in [0.25, 0.3) is 10.2 Å². The lowest BCUT2D eigenvalue weighted by Crippen LogP contribution is -2.44. The number of carbonyl (C=O) groups is 1. The van der Waals surface area contributed by atoms with E-state index in [-0.39, 0.29) is 17.4 Å². The fraction of sp³-hybridized carbons (Fsp3) is 0.611. The largest absolute Gasteiger partial charge is 0.459 e. The van der Waals surface area contributed by atoms with Gasteiger partial charge in [0, 0.05) is 12.1 Å². The molecule has 1 fully saturated rings. The molecule has 0 amide bonds. The molecule has 136 valence electrons. The summed E-state index contributed by atoms with van der Waals surface area (Å²) in [5, 5.41) is 1.14. The second-order valence-electron chi connectivity index (χ2n) is 7.04. The molecule has 2 aromatic heterocycles. The third kappa shape index (κ3) is 3.47. The van der Waals surface area contributed by atoms with Gasteiger partial charge in [0.15, 0.2) is 0 Å². The van der Waals surface area contributed by atoms with Crippen molar-refractivity contribution in [1.29, 1.82) is 0 Å². The Morgan fingerprint density at radius 2 is 1.92 bits per heavy atom. The van der Waals surface area contributed by atoms with Gasteiger partial charge in [-0.05, 0) is 71.0 Å². The Morgan fingerprint density at radius 3 is 2.52 bits per heavy atom. The first-order chi connectivity index (χ1) is 11.8. The van der Waals surface area contributed by atoms with Crippen molar-refractivity contribution in [3.63, 3.8) is 0 Å². The van der Waals surface area contributed by atoms with Crippen LogP contribution in [0.3, 0.4) is 0 Å². The molecule has 3 heterocycles. The summed E-state index contributed by atoms with van der Waals surface area (Å²) in [6.45, 7) is 10.1. The second-order valence-corrected chi connectivity index (χ2v) is 8.38. The maximum Gasteiger partial charge on any atom is 0.348 e. The molecule has 1 saturated heterocycles. The number of nitrogens with zero attached hydrogens (tertiary/aromatic N) is 3. The maximum atomic E-state index is 12.4. The minimum Gasteiger partial charge on any atom is -0.459 e. The van der Waals surface area contributed by atoms with E-state index in [2.05, 4.69) is 28.7 Å². The highest BCUT2D eigenvalue weighted by Crippen LogP contribution is 2.39. The lowest BCUT2D eigenvalue weighted by atomic mass is 9.97. The third-order valence-electron chi connectivity index (χ3n) is 4.71. The van der Waals surface area contributed by atoms with Gasteiger partial charge in [0.1, 0.15) is 15.5 Å². The lowest BCUT2D eigenvalue weighted by Gasteiger charge is -2.40. The van der Waals surface area contributed by atoms with E-state index in [1.54, 1.807) is 0 Å². The second kappa shape index (κ2) is 7.08. The molecule has 1 aliphatic rings. The highest BCUT2D eigenvalue weighted by molar-refractivity contribution is 7.20. The summed E-state index contributed by atoms with van der Waals surface area (Å²) in [4.78, 5) is 25.0. The summed E-state index contributed by atoms with van der Waals surface area (Å²) in [5.74, 6) is 0.532. The van der Waals surface area contributed by atoms with Crippen LogP contribution in [0.4, 0.5) is 5.82 Å². The van der Waals surface area contributed by atoms with E-state index in [1.807, 2.05) is 20.8 Å². The van der Waals surface area contributed by atoms with E-state index in [1.165, 1.54) is 17.8 Å². The van der Waals surface area contributed by atoms with Gasteiger partial charge in [-0.15, -0.1) is 11.3 Å². The van der Waals surface area contributed by atoms with Crippen molar-refractivity contribution < 1.29 is 9.53 Å². The van der Waals surface area contributed by atoms with E-state index in [0.717, 1.165) is 34.4 Å². The molecular formula is C18H24ClN3O2S. The van der Waals surface area contributed by atoms with Crippen LogP contribution in [0.1, 0.15) is 62.2 Å². The normalized spacial score (nSPS) is 21.2. The van der Waals surface area contributed by atoms with Gasteiger partial charge in [0.05, 0.1) is 11.5 Å². The van der Waals surface area contributed by atoms with Crippen molar-refractivity contribution in [1.82, 2.24) is 9.97 Å². The number of fused-ring (bicyclic) bond motifs is 1. The third-order valence-corrected chi connectivity index (χ3v) is 6.04. The molecule has 0 N–H and O–H groups in total. The summed E-state index contributed by atoms with van der Waals surface area (Å²) in [5.41, 5.74) is 0.877. The van der Waals surface area contributed by atoms with Gasteiger partial charge in [-0.25, -0.2) is 9.78 Å². The van der Waals surface area contributed by atoms with Crippen molar-refractivity contribution in [2.45, 2.75) is 72.1 Å². The van der Waals surface area contributed by atoms with Crippen LogP contribution < -0.4 is 4.90 Å². The van der Waals surface area contributed by atoms with Crippen LogP contribution in [0.2, 0.25) is 5.28 Å². The highest BCUT2D eigenvalue weighted by Gasteiger charge is 2.30. The van der Waals surface area contributed by atoms with Crippen molar-refractivity contribution in [2.24, 2.45) is 0 Å². The van der Waals surface area contributed by atoms with Crippen molar-refractivity contribution in [3.05, 3.63) is 15.7 Å². The molecule has 0 saturated carbocycles. The monoisotopic (exact) mass is 381 g/mol. The zero-order valence-corrected chi connectivity index (χ0v) is 16.9. The molecule has 1 aliphatic heterocycles. The van der Waals surface area contributed by atoms with Gasteiger partial charge in [0.2, 0.25) is 5.28 Å². The lowest BCUT2D eigenvalue weighted by molar-refractivity contribution is 0.0383. The van der Waals surface area contributed by atoms with Crippen LogP contribution in [0, 0.1) is 6.92 Å². The Hall–Kier alpha value is -1.40. The Morgan fingerprint density at radius 1 is 1.28 bits per heavy atom. The first-order valence-electron chi connectivity index (χ1n) is 8.75. The van der Waals surface area contributed by atoms with Crippen LogP contribution in [0.5, 0.6) is 0 Å². The number of ether oxygens (including phenoxy) is 1. The molecule has 2 atom stereocenters. The molecule has 2 unspecified atom stereocenters. The van der Waals surface area contributed by atoms with Gasteiger partial charge in [0.25, 0.3) is 0 Å². The topological polar surface area (TPSA) is 55.3 Å². The molecule has 0 aliphatic carbocycles. The Labute approximate surface area is 157 Å². The molecule has 7 heteroatoms. The first-order valence-corrected chi connectivity index (χ1v) is 9.95. The predicted octanol–water partition coefficient (Wildman–Crippen LogP) is 4.99. The summed E-state index contributed by atoms with van der Waals surface area (Å²) >= 11 is 7.54. The number of aryl methyl sites for hydroxylation is 1. The molecule has 0 bridgehead atoms. The van der Waals surface area contributed by atoms with Crippen molar-refractivity contribution >= 4 is 44.9 Å².